The van der Waals surface area contributed by atoms with Gasteiger partial charge in [-0.2, -0.15) is 0 Å². The summed E-state index contributed by atoms with van der Waals surface area (Å²) in [7, 11) is 0. The lowest BCUT2D eigenvalue weighted by atomic mass is 9.86. The second-order valence-corrected chi connectivity index (χ2v) is 5.11. The summed E-state index contributed by atoms with van der Waals surface area (Å²) < 4.78 is 26.9. The molecular weight excluding hydrogens is 284 g/mol. The summed E-state index contributed by atoms with van der Waals surface area (Å²) in [5.41, 5.74) is 4.33. The highest BCUT2D eigenvalue weighted by molar-refractivity contribution is 5.94. The highest BCUT2D eigenvalue weighted by Gasteiger charge is 2.28. The Balaban J connectivity index is 2.20. The van der Waals surface area contributed by atoms with Crippen molar-refractivity contribution in [1.29, 1.82) is 0 Å². The molecule has 1 aliphatic carbocycles. The lowest BCUT2D eigenvalue weighted by molar-refractivity contribution is -0.384. The van der Waals surface area contributed by atoms with E-state index in [4.69, 9.17) is 5.73 Å². The molecule has 1 amide bonds. The van der Waals surface area contributed by atoms with Crippen LogP contribution in [-0.4, -0.2) is 16.9 Å². The maximum Gasteiger partial charge on any atom is 0.296 e. The number of hydrogen-bond acceptors (Lipinski definition) is 4. The lowest BCUT2D eigenvalue weighted by Crippen LogP contribution is -2.32. The Morgan fingerprint density at radius 2 is 1.90 bits per heavy atom. The predicted octanol–water partition coefficient (Wildman–Crippen LogP) is 2.33. The van der Waals surface area contributed by atoms with Crippen molar-refractivity contribution in [2.24, 2.45) is 11.7 Å². The van der Waals surface area contributed by atoms with Crippen LogP contribution in [0.3, 0.4) is 0 Å². The Morgan fingerprint density at radius 3 is 2.48 bits per heavy atom. The summed E-state index contributed by atoms with van der Waals surface area (Å²) in [5, 5.41) is 13.0. The largest absolute Gasteiger partial charge is 0.328 e. The van der Waals surface area contributed by atoms with Gasteiger partial charge in [0.1, 0.15) is 0 Å². The molecule has 2 rings (SSSR count). The van der Waals surface area contributed by atoms with Gasteiger partial charge in [-0.1, -0.05) is 0 Å². The molecule has 0 aromatic heterocycles. The van der Waals surface area contributed by atoms with Gasteiger partial charge < -0.3 is 11.1 Å². The second kappa shape index (κ2) is 6.13. The zero-order chi connectivity index (χ0) is 15.6. The topological polar surface area (TPSA) is 98.3 Å². The number of amides is 1. The summed E-state index contributed by atoms with van der Waals surface area (Å²) in [6, 6.07) is 1.52. The maximum absolute atomic E-state index is 13.7. The number of nitro groups is 1. The van der Waals surface area contributed by atoms with Crippen molar-refractivity contribution in [1.82, 2.24) is 0 Å². The van der Waals surface area contributed by atoms with Gasteiger partial charge in [-0.05, 0) is 31.7 Å². The lowest BCUT2D eigenvalue weighted by Gasteiger charge is -2.25. The number of carbonyl (C=O) groups is 1. The summed E-state index contributed by atoms with van der Waals surface area (Å²) >= 11 is 0. The van der Waals surface area contributed by atoms with E-state index in [0.717, 1.165) is 6.07 Å². The fourth-order valence-electron chi connectivity index (χ4n) is 2.42. The third kappa shape index (κ3) is 3.33. The number of nitrogens with two attached hydrogens (primary N) is 1. The Hall–Kier alpha value is -2.09. The molecule has 6 nitrogen and oxygen atoms in total. The van der Waals surface area contributed by atoms with Crippen molar-refractivity contribution in [2.45, 2.75) is 31.7 Å². The van der Waals surface area contributed by atoms with Gasteiger partial charge in [-0.3, -0.25) is 14.9 Å². The molecule has 114 valence electrons. The predicted molar refractivity (Wildman–Crippen MR) is 71.6 cm³/mol. The molecule has 0 spiro atoms. The van der Waals surface area contributed by atoms with Gasteiger partial charge in [-0.25, -0.2) is 8.78 Å². The summed E-state index contributed by atoms with van der Waals surface area (Å²) in [5.74, 6) is -3.62. The third-order valence-corrected chi connectivity index (χ3v) is 3.66. The van der Waals surface area contributed by atoms with Gasteiger partial charge in [0.05, 0.1) is 4.92 Å². The molecule has 0 radical (unpaired) electrons. The molecule has 1 aromatic rings. The Bertz CT molecular complexity index is 572. The van der Waals surface area contributed by atoms with Gasteiger partial charge in [0.15, 0.2) is 17.3 Å². The van der Waals surface area contributed by atoms with Crippen molar-refractivity contribution in [3.8, 4) is 0 Å². The molecule has 1 saturated carbocycles. The number of halogens is 2. The normalized spacial score (nSPS) is 21.9. The minimum atomic E-state index is -1.43. The highest BCUT2D eigenvalue weighted by Crippen LogP contribution is 2.31. The molecule has 0 aliphatic heterocycles. The van der Waals surface area contributed by atoms with Crippen LogP contribution in [0.4, 0.5) is 20.2 Å². The van der Waals surface area contributed by atoms with E-state index in [9.17, 15) is 23.7 Å². The summed E-state index contributed by atoms with van der Waals surface area (Å²) in [6.45, 7) is 0. The van der Waals surface area contributed by atoms with Gasteiger partial charge in [0, 0.05) is 18.0 Å². The van der Waals surface area contributed by atoms with Crippen LogP contribution in [0.15, 0.2) is 12.1 Å². The Labute approximate surface area is 119 Å². The molecular formula is C13H15F2N3O3. The molecule has 3 N–H and O–H groups in total. The van der Waals surface area contributed by atoms with Gasteiger partial charge in [0.2, 0.25) is 5.91 Å². The number of nitrogens with one attached hydrogen (secondary N) is 1. The first-order chi connectivity index (χ1) is 9.90. The molecule has 0 heterocycles. The molecule has 0 unspecified atom stereocenters. The number of rotatable bonds is 3. The summed E-state index contributed by atoms with van der Waals surface area (Å²) in [6.07, 6.45) is 2.37. The maximum atomic E-state index is 13.7. The van der Waals surface area contributed by atoms with Crippen LogP contribution in [0.1, 0.15) is 25.7 Å². The first-order valence-corrected chi connectivity index (χ1v) is 6.59. The highest BCUT2D eigenvalue weighted by atomic mass is 19.2. The van der Waals surface area contributed by atoms with Crippen LogP contribution < -0.4 is 11.1 Å². The van der Waals surface area contributed by atoms with E-state index >= 15 is 0 Å². The van der Waals surface area contributed by atoms with Crippen molar-refractivity contribution in [2.75, 3.05) is 5.32 Å². The minimum Gasteiger partial charge on any atom is -0.328 e. The zero-order valence-corrected chi connectivity index (χ0v) is 11.1. The fraction of sp³-hybridized carbons (Fsp3) is 0.462. The fourth-order valence-corrected chi connectivity index (χ4v) is 2.42. The number of nitro benzene ring substituents is 1. The number of nitrogens with zero attached hydrogens (tertiary/aromatic N) is 1. The van der Waals surface area contributed by atoms with E-state index in [1.807, 2.05) is 0 Å². The zero-order valence-electron chi connectivity index (χ0n) is 11.1. The van der Waals surface area contributed by atoms with E-state index in [-0.39, 0.29) is 6.04 Å². The Morgan fingerprint density at radius 1 is 1.29 bits per heavy atom. The second-order valence-electron chi connectivity index (χ2n) is 5.11. The number of carbonyl (C=O) groups excluding carboxylic acids is 1. The van der Waals surface area contributed by atoms with Crippen LogP contribution in [0.5, 0.6) is 0 Å². The minimum absolute atomic E-state index is 0.0364. The van der Waals surface area contributed by atoms with E-state index in [0.29, 0.717) is 31.7 Å². The van der Waals surface area contributed by atoms with E-state index < -0.39 is 39.8 Å². The Kier molecular flexibility index (Phi) is 4.46. The van der Waals surface area contributed by atoms with Crippen molar-refractivity contribution < 1.29 is 18.5 Å². The van der Waals surface area contributed by atoms with Crippen LogP contribution in [0.2, 0.25) is 0 Å². The van der Waals surface area contributed by atoms with E-state index in [1.165, 1.54) is 0 Å². The van der Waals surface area contributed by atoms with Gasteiger partial charge in [-0.15, -0.1) is 0 Å². The SMILES string of the molecule is NC1CCC(C(=O)Nc2c([N+](=O)[O-])ccc(F)c2F)CC1. The van der Waals surface area contributed by atoms with E-state index in [1.54, 1.807) is 0 Å². The third-order valence-electron chi connectivity index (χ3n) is 3.66. The first kappa shape index (κ1) is 15.3. The average Bonchev–Trinajstić information content (AvgIpc) is 2.44. The average molecular weight is 299 g/mol. The molecule has 1 aliphatic rings. The first-order valence-electron chi connectivity index (χ1n) is 6.59. The van der Waals surface area contributed by atoms with Crippen molar-refractivity contribution in [3.63, 3.8) is 0 Å². The monoisotopic (exact) mass is 299 g/mol. The van der Waals surface area contributed by atoms with Crippen molar-refractivity contribution in [3.05, 3.63) is 33.9 Å². The molecule has 0 atom stereocenters. The number of hydrogen-bond donors (Lipinski definition) is 2. The number of benzene rings is 1. The quantitative estimate of drug-likeness (QED) is 0.661. The van der Waals surface area contributed by atoms with Crippen molar-refractivity contribution >= 4 is 17.3 Å². The smallest absolute Gasteiger partial charge is 0.296 e. The van der Waals surface area contributed by atoms with Crippen LogP contribution >= 0.6 is 0 Å². The van der Waals surface area contributed by atoms with Crippen LogP contribution in [0.25, 0.3) is 0 Å². The molecule has 0 saturated heterocycles. The molecule has 1 aromatic carbocycles. The summed E-state index contributed by atoms with van der Waals surface area (Å²) in [4.78, 5) is 22.0. The van der Waals surface area contributed by atoms with Crippen LogP contribution in [-0.2, 0) is 4.79 Å². The van der Waals surface area contributed by atoms with E-state index in [2.05, 4.69) is 5.32 Å². The van der Waals surface area contributed by atoms with Gasteiger partial charge >= 0.3 is 0 Å². The standard InChI is InChI=1S/C13H15F2N3O3/c14-9-5-6-10(18(20)21)12(11(9)15)17-13(19)7-1-3-8(16)4-2-7/h5-8H,1-4,16H2,(H,17,19). The number of anilines is 1. The molecule has 8 heteroatoms. The molecule has 0 bridgehead atoms. The van der Waals surface area contributed by atoms with Crippen LogP contribution in [0, 0.1) is 27.7 Å². The molecule has 1 fully saturated rings. The van der Waals surface area contributed by atoms with Gasteiger partial charge in [0.25, 0.3) is 5.69 Å². The molecule has 21 heavy (non-hydrogen) atoms.